The molecule has 4 aromatic rings. The molecule has 1 fully saturated rings. The molecule has 4 aromatic carbocycles. The normalized spacial score (nSPS) is 16.1. The average molecular weight is 600 g/mol. The summed E-state index contributed by atoms with van der Waals surface area (Å²) in [5.41, 5.74) is 3.70. The second kappa shape index (κ2) is 12.4. The third-order valence-electron chi connectivity index (χ3n) is 6.29. The Morgan fingerprint density at radius 2 is 1.56 bits per heavy atom. The van der Waals surface area contributed by atoms with Crippen LogP contribution in [-0.4, -0.2) is 23.1 Å². The van der Waals surface area contributed by atoms with Crippen molar-refractivity contribution in [3.63, 3.8) is 0 Å². The lowest BCUT2D eigenvalue weighted by Gasteiger charge is -2.24. The Labute approximate surface area is 241 Å². The number of ether oxygens (including phenoxy) is 2. The summed E-state index contributed by atoms with van der Waals surface area (Å²) in [5.74, 6) is 1.11. The minimum Gasteiger partial charge on any atom is -0.493 e. The number of nitrogens with zero attached hydrogens (tertiary/aromatic N) is 2. The number of amidine groups is 1. The number of carbonyl (C=O) groups is 1. The highest BCUT2D eigenvalue weighted by Crippen LogP contribution is 2.41. The molecule has 0 spiro atoms. The van der Waals surface area contributed by atoms with Gasteiger partial charge in [-0.3, -0.25) is 9.69 Å². The van der Waals surface area contributed by atoms with Crippen molar-refractivity contribution >= 4 is 50.5 Å². The number of thioether (sulfide) groups is 1. The van der Waals surface area contributed by atoms with Gasteiger partial charge in [-0.1, -0.05) is 94.8 Å². The first-order chi connectivity index (χ1) is 19.0. The van der Waals surface area contributed by atoms with Crippen LogP contribution in [0.4, 0.5) is 5.69 Å². The molecular formula is C32H27BrN2O3S. The van der Waals surface area contributed by atoms with Gasteiger partial charge in [-0.15, -0.1) is 0 Å². The summed E-state index contributed by atoms with van der Waals surface area (Å²) in [6, 6.07) is 33.2. The highest BCUT2D eigenvalue weighted by Gasteiger charge is 2.37. The fraction of sp³-hybridized carbons (Fsp3) is 0.125. The van der Waals surface area contributed by atoms with Crippen molar-refractivity contribution in [1.82, 2.24) is 4.90 Å². The van der Waals surface area contributed by atoms with Crippen LogP contribution in [0.3, 0.4) is 0 Å². The summed E-state index contributed by atoms with van der Waals surface area (Å²) in [4.78, 5) is 21.0. The fourth-order valence-electron chi connectivity index (χ4n) is 4.21. The number of carbonyl (C=O) groups excluding carboxylic acids is 1. The molecule has 1 amide bonds. The standard InChI is InChI=1S/C32H27BrN2O3S/c1-22(24-14-8-4-9-15-24)35-31(36)30(39-32(35)34-26-16-10-5-11-17-26)19-25-18-28(37-2)29(20-27(25)33)38-21-23-12-6-3-7-13-23/h3-20,22H,21H2,1-2H3/b30-19+,34-32?/t22-/m0/s1. The Morgan fingerprint density at radius 3 is 2.23 bits per heavy atom. The van der Waals surface area contributed by atoms with Crippen LogP contribution in [0, 0.1) is 0 Å². The smallest absolute Gasteiger partial charge is 0.267 e. The third kappa shape index (κ3) is 6.27. The average Bonchev–Trinajstić information content (AvgIpc) is 3.27. The molecule has 0 radical (unpaired) electrons. The Morgan fingerprint density at radius 1 is 0.923 bits per heavy atom. The van der Waals surface area contributed by atoms with Crippen LogP contribution in [0.1, 0.15) is 29.7 Å². The number of hydrogen-bond acceptors (Lipinski definition) is 5. The molecule has 0 saturated carbocycles. The van der Waals surface area contributed by atoms with Crippen LogP contribution < -0.4 is 9.47 Å². The molecule has 0 aliphatic carbocycles. The molecule has 39 heavy (non-hydrogen) atoms. The first-order valence-corrected chi connectivity index (χ1v) is 14.1. The third-order valence-corrected chi connectivity index (χ3v) is 7.96. The topological polar surface area (TPSA) is 51.1 Å². The van der Waals surface area contributed by atoms with E-state index in [9.17, 15) is 4.79 Å². The first kappa shape index (κ1) is 26.8. The number of rotatable bonds is 8. The van der Waals surface area contributed by atoms with Gasteiger partial charge in [0.05, 0.1) is 23.7 Å². The van der Waals surface area contributed by atoms with Crippen LogP contribution in [-0.2, 0) is 11.4 Å². The monoisotopic (exact) mass is 598 g/mol. The van der Waals surface area contributed by atoms with E-state index >= 15 is 0 Å². The zero-order valence-electron chi connectivity index (χ0n) is 21.6. The van der Waals surface area contributed by atoms with Gasteiger partial charge >= 0.3 is 0 Å². The van der Waals surface area contributed by atoms with E-state index < -0.39 is 0 Å². The number of benzene rings is 4. The number of hydrogen-bond donors (Lipinski definition) is 0. The molecule has 0 aromatic heterocycles. The predicted octanol–water partition coefficient (Wildman–Crippen LogP) is 8.40. The maximum atomic E-state index is 13.8. The Balaban J connectivity index is 1.47. The minimum atomic E-state index is -0.189. The molecule has 1 saturated heterocycles. The quantitative estimate of drug-likeness (QED) is 0.191. The van der Waals surface area contributed by atoms with Crippen LogP contribution in [0.15, 0.2) is 117 Å². The summed E-state index contributed by atoms with van der Waals surface area (Å²) >= 11 is 5.04. The Hall–Kier alpha value is -3.81. The van der Waals surface area contributed by atoms with E-state index in [1.54, 1.807) is 12.0 Å². The highest BCUT2D eigenvalue weighted by atomic mass is 79.9. The van der Waals surface area contributed by atoms with Crippen LogP contribution in [0.25, 0.3) is 6.08 Å². The summed E-state index contributed by atoms with van der Waals surface area (Å²) in [7, 11) is 1.61. The van der Waals surface area contributed by atoms with Crippen LogP contribution >= 0.6 is 27.7 Å². The van der Waals surface area contributed by atoms with Gasteiger partial charge in [0.2, 0.25) is 0 Å². The van der Waals surface area contributed by atoms with Gasteiger partial charge in [-0.25, -0.2) is 4.99 Å². The SMILES string of the molecule is COc1cc(/C=C2/SC(=Nc3ccccc3)N([C@@H](C)c3ccccc3)C2=O)c(Br)cc1OCc1ccccc1. The molecule has 1 aliphatic heterocycles. The molecule has 5 rings (SSSR count). The number of amides is 1. The second-order valence-corrected chi connectivity index (χ2v) is 10.8. The lowest BCUT2D eigenvalue weighted by atomic mass is 10.1. The van der Waals surface area contributed by atoms with Crippen molar-refractivity contribution < 1.29 is 14.3 Å². The van der Waals surface area contributed by atoms with E-state index in [4.69, 9.17) is 14.5 Å². The lowest BCUT2D eigenvalue weighted by molar-refractivity contribution is -0.123. The van der Waals surface area contributed by atoms with Gasteiger partial charge in [0.1, 0.15) is 6.61 Å². The van der Waals surface area contributed by atoms with Crippen molar-refractivity contribution in [3.05, 3.63) is 129 Å². The Kier molecular flexibility index (Phi) is 8.49. The Bertz CT molecular complexity index is 1510. The van der Waals surface area contributed by atoms with Crippen molar-refractivity contribution in [3.8, 4) is 11.5 Å². The van der Waals surface area contributed by atoms with E-state index in [1.165, 1.54) is 11.8 Å². The van der Waals surface area contributed by atoms with Crippen molar-refractivity contribution in [2.24, 2.45) is 4.99 Å². The fourth-order valence-corrected chi connectivity index (χ4v) is 5.71. The molecule has 1 heterocycles. The molecule has 1 atom stereocenters. The van der Waals surface area contributed by atoms with Crippen molar-refractivity contribution in [2.75, 3.05) is 7.11 Å². The lowest BCUT2D eigenvalue weighted by Crippen LogP contribution is -2.32. The summed E-state index contributed by atoms with van der Waals surface area (Å²) in [6.45, 7) is 2.44. The molecule has 7 heteroatoms. The summed E-state index contributed by atoms with van der Waals surface area (Å²) in [6.07, 6.45) is 1.87. The molecule has 1 aliphatic rings. The van der Waals surface area contributed by atoms with E-state index in [1.807, 2.05) is 116 Å². The van der Waals surface area contributed by atoms with Gasteiger partial charge in [0.15, 0.2) is 16.7 Å². The predicted molar refractivity (Wildman–Crippen MR) is 162 cm³/mol. The van der Waals surface area contributed by atoms with E-state index in [-0.39, 0.29) is 11.9 Å². The largest absolute Gasteiger partial charge is 0.493 e. The second-order valence-electron chi connectivity index (χ2n) is 8.90. The molecule has 5 nitrogen and oxygen atoms in total. The molecule has 196 valence electrons. The molecular weight excluding hydrogens is 572 g/mol. The van der Waals surface area contributed by atoms with Gasteiger partial charge in [0.25, 0.3) is 5.91 Å². The van der Waals surface area contributed by atoms with Gasteiger partial charge in [-0.2, -0.15) is 0 Å². The molecule has 0 unspecified atom stereocenters. The van der Waals surface area contributed by atoms with Gasteiger partial charge in [0, 0.05) is 4.47 Å². The van der Waals surface area contributed by atoms with E-state index in [0.29, 0.717) is 28.2 Å². The zero-order valence-corrected chi connectivity index (χ0v) is 24.0. The van der Waals surface area contributed by atoms with E-state index in [0.717, 1.165) is 26.9 Å². The summed E-state index contributed by atoms with van der Waals surface area (Å²) in [5, 5.41) is 0.639. The van der Waals surface area contributed by atoms with Crippen molar-refractivity contribution in [1.29, 1.82) is 0 Å². The number of aliphatic imine (C=N–C) groups is 1. The highest BCUT2D eigenvalue weighted by molar-refractivity contribution is 9.10. The van der Waals surface area contributed by atoms with Crippen LogP contribution in [0.2, 0.25) is 0 Å². The maximum Gasteiger partial charge on any atom is 0.267 e. The van der Waals surface area contributed by atoms with Crippen molar-refractivity contribution in [2.45, 2.75) is 19.6 Å². The number of para-hydroxylation sites is 1. The number of methoxy groups -OCH3 is 1. The molecule has 0 bridgehead atoms. The number of halogens is 1. The van der Waals surface area contributed by atoms with Gasteiger partial charge in [-0.05, 0) is 65.7 Å². The molecule has 0 N–H and O–H groups in total. The van der Waals surface area contributed by atoms with Crippen LogP contribution in [0.5, 0.6) is 11.5 Å². The first-order valence-electron chi connectivity index (χ1n) is 12.5. The maximum absolute atomic E-state index is 13.8. The van der Waals surface area contributed by atoms with E-state index in [2.05, 4.69) is 15.9 Å². The zero-order chi connectivity index (χ0) is 27.2. The summed E-state index contributed by atoms with van der Waals surface area (Å²) < 4.78 is 12.5. The van der Waals surface area contributed by atoms with Gasteiger partial charge < -0.3 is 9.47 Å². The minimum absolute atomic E-state index is 0.0960.